The molecule has 1 saturated heterocycles. The Morgan fingerprint density at radius 3 is 2.46 bits per heavy atom. The summed E-state index contributed by atoms with van der Waals surface area (Å²) in [7, 11) is 1.73. The summed E-state index contributed by atoms with van der Waals surface area (Å²) in [6, 6.07) is 11.2. The van der Waals surface area contributed by atoms with Crippen LogP contribution in [0.1, 0.15) is 30.7 Å². The molecule has 0 aliphatic carbocycles. The second-order valence-corrected chi connectivity index (χ2v) is 9.47. The van der Waals surface area contributed by atoms with Gasteiger partial charge in [0.2, 0.25) is 5.95 Å². The van der Waals surface area contributed by atoms with Crippen molar-refractivity contribution in [2.45, 2.75) is 39.7 Å². The van der Waals surface area contributed by atoms with Crippen molar-refractivity contribution in [3.63, 3.8) is 0 Å². The first kappa shape index (κ1) is 23.2. The van der Waals surface area contributed by atoms with Gasteiger partial charge in [-0.05, 0) is 62.9 Å². The second kappa shape index (κ2) is 10.00. The average Bonchev–Trinajstić information content (AvgIpc) is 3.38. The van der Waals surface area contributed by atoms with Gasteiger partial charge < -0.3 is 9.64 Å². The van der Waals surface area contributed by atoms with E-state index in [1.54, 1.807) is 13.4 Å². The van der Waals surface area contributed by atoms with Gasteiger partial charge in [-0.1, -0.05) is 12.1 Å². The van der Waals surface area contributed by atoms with Crippen molar-refractivity contribution in [2.75, 3.05) is 38.2 Å². The zero-order valence-electron chi connectivity index (χ0n) is 21.0. The number of nitrogens with zero attached hydrogens (tertiary/aromatic N) is 7. The predicted octanol–water partition coefficient (Wildman–Crippen LogP) is 3.82. The van der Waals surface area contributed by atoms with E-state index < -0.39 is 0 Å². The Balaban J connectivity index is 1.33. The summed E-state index contributed by atoms with van der Waals surface area (Å²) in [5.74, 6) is 1.72. The van der Waals surface area contributed by atoms with Crippen molar-refractivity contribution in [3.05, 3.63) is 65.9 Å². The SMILES string of the molecule is COc1cc(C)ccc1CCc1ccc(-c2cnc(N3CCN(C(C)C)CC3)nc2)c2nncn12. The monoisotopic (exact) mass is 471 g/mol. The van der Waals surface area contributed by atoms with Gasteiger partial charge in [-0.25, -0.2) is 9.97 Å². The average molecular weight is 472 g/mol. The molecule has 0 radical (unpaired) electrons. The Morgan fingerprint density at radius 1 is 0.971 bits per heavy atom. The second-order valence-electron chi connectivity index (χ2n) is 9.47. The fourth-order valence-corrected chi connectivity index (χ4v) is 4.78. The molecule has 35 heavy (non-hydrogen) atoms. The van der Waals surface area contributed by atoms with Crippen molar-refractivity contribution in [1.82, 2.24) is 29.5 Å². The number of aryl methyl sites for hydroxylation is 3. The van der Waals surface area contributed by atoms with E-state index >= 15 is 0 Å². The lowest BCUT2D eigenvalue weighted by atomic mass is 10.0. The van der Waals surface area contributed by atoms with Crippen molar-refractivity contribution in [3.8, 4) is 16.9 Å². The minimum absolute atomic E-state index is 0.577. The lowest BCUT2D eigenvalue weighted by Gasteiger charge is -2.36. The van der Waals surface area contributed by atoms with Crippen LogP contribution in [0.5, 0.6) is 5.75 Å². The summed E-state index contributed by atoms with van der Waals surface area (Å²) in [5, 5.41) is 8.61. The fourth-order valence-electron chi connectivity index (χ4n) is 4.78. The van der Waals surface area contributed by atoms with Crippen molar-refractivity contribution in [1.29, 1.82) is 0 Å². The number of pyridine rings is 1. The topological polar surface area (TPSA) is 71.7 Å². The fraction of sp³-hybridized carbons (Fsp3) is 0.407. The minimum Gasteiger partial charge on any atom is -0.496 e. The van der Waals surface area contributed by atoms with E-state index in [0.717, 1.165) is 73.2 Å². The first-order chi connectivity index (χ1) is 17.0. The van der Waals surface area contributed by atoms with Crippen LogP contribution in [-0.4, -0.2) is 68.8 Å². The quantitative estimate of drug-likeness (QED) is 0.406. The summed E-state index contributed by atoms with van der Waals surface area (Å²) in [6.07, 6.45) is 7.31. The van der Waals surface area contributed by atoms with Gasteiger partial charge in [-0.3, -0.25) is 9.30 Å². The zero-order valence-corrected chi connectivity index (χ0v) is 21.0. The number of fused-ring (bicyclic) bond motifs is 1. The van der Waals surface area contributed by atoms with Gasteiger partial charge in [0.1, 0.15) is 12.1 Å². The molecule has 1 fully saturated rings. The molecule has 1 aliphatic heterocycles. The van der Waals surface area contributed by atoms with Crippen LogP contribution in [0.25, 0.3) is 16.8 Å². The van der Waals surface area contributed by atoms with Gasteiger partial charge in [-0.15, -0.1) is 10.2 Å². The molecule has 0 bridgehead atoms. The highest BCUT2D eigenvalue weighted by atomic mass is 16.5. The summed E-state index contributed by atoms with van der Waals surface area (Å²) in [5.41, 5.74) is 6.29. The van der Waals surface area contributed by atoms with E-state index in [4.69, 9.17) is 4.74 Å². The Kier molecular flexibility index (Phi) is 6.63. The Bertz CT molecular complexity index is 1290. The maximum Gasteiger partial charge on any atom is 0.225 e. The van der Waals surface area contributed by atoms with Crippen molar-refractivity contribution < 1.29 is 4.74 Å². The molecule has 0 spiro atoms. The summed E-state index contributed by atoms with van der Waals surface area (Å²) < 4.78 is 7.65. The van der Waals surface area contributed by atoms with Crippen LogP contribution in [0.15, 0.2) is 49.1 Å². The first-order valence-corrected chi connectivity index (χ1v) is 12.3. The predicted molar refractivity (Wildman–Crippen MR) is 138 cm³/mol. The number of methoxy groups -OCH3 is 1. The molecule has 0 atom stereocenters. The lowest BCUT2D eigenvalue weighted by Crippen LogP contribution is -2.49. The number of hydrogen-bond acceptors (Lipinski definition) is 7. The smallest absolute Gasteiger partial charge is 0.225 e. The van der Waals surface area contributed by atoms with Gasteiger partial charge in [-0.2, -0.15) is 0 Å². The number of benzene rings is 1. The molecule has 4 heterocycles. The van der Waals surface area contributed by atoms with Crippen LogP contribution in [0.3, 0.4) is 0 Å². The van der Waals surface area contributed by atoms with Gasteiger partial charge >= 0.3 is 0 Å². The molecule has 182 valence electrons. The number of ether oxygens (including phenoxy) is 1. The number of anilines is 1. The number of hydrogen-bond donors (Lipinski definition) is 0. The molecule has 8 heteroatoms. The molecule has 8 nitrogen and oxygen atoms in total. The van der Waals surface area contributed by atoms with E-state index in [2.05, 4.69) is 85.5 Å². The van der Waals surface area contributed by atoms with Crippen LogP contribution in [0, 0.1) is 6.92 Å². The maximum atomic E-state index is 5.58. The molecule has 5 rings (SSSR count). The Labute approximate surface area is 206 Å². The standard InChI is InChI=1S/C27H33N7O/c1-19(2)32-11-13-33(14-12-32)27-28-16-22(17-29-27)24-10-9-23(34-18-30-31-26(24)34)8-7-21-6-5-20(3)15-25(21)35-4/h5-6,9-10,15-19H,7-8,11-14H2,1-4H3. The summed E-state index contributed by atoms with van der Waals surface area (Å²) >= 11 is 0. The van der Waals surface area contributed by atoms with Crippen molar-refractivity contribution in [2.24, 2.45) is 0 Å². The number of piperazine rings is 1. The lowest BCUT2D eigenvalue weighted by molar-refractivity contribution is 0.208. The van der Waals surface area contributed by atoms with Crippen LogP contribution >= 0.6 is 0 Å². The maximum absolute atomic E-state index is 5.58. The zero-order chi connectivity index (χ0) is 24.4. The third-order valence-electron chi connectivity index (χ3n) is 6.91. The third-order valence-corrected chi connectivity index (χ3v) is 6.91. The van der Waals surface area contributed by atoms with Gasteiger partial charge in [0, 0.05) is 61.4 Å². The van der Waals surface area contributed by atoms with Gasteiger partial charge in [0.15, 0.2) is 5.65 Å². The molecular weight excluding hydrogens is 438 g/mol. The van der Waals surface area contributed by atoms with Crippen LogP contribution < -0.4 is 9.64 Å². The molecule has 1 aromatic carbocycles. The molecule has 0 amide bonds. The van der Waals surface area contributed by atoms with E-state index in [1.165, 1.54) is 11.1 Å². The highest BCUT2D eigenvalue weighted by molar-refractivity contribution is 5.76. The third kappa shape index (κ3) is 4.84. The van der Waals surface area contributed by atoms with E-state index in [0.29, 0.717) is 6.04 Å². The van der Waals surface area contributed by atoms with E-state index in [-0.39, 0.29) is 0 Å². The van der Waals surface area contributed by atoms with E-state index in [1.807, 2.05) is 12.4 Å². The largest absolute Gasteiger partial charge is 0.496 e. The summed E-state index contributed by atoms with van der Waals surface area (Å²) in [6.45, 7) is 10.6. The normalized spacial score (nSPS) is 14.7. The Morgan fingerprint density at radius 2 is 1.74 bits per heavy atom. The number of rotatable bonds is 7. The molecule has 3 aromatic heterocycles. The van der Waals surface area contributed by atoms with E-state index in [9.17, 15) is 0 Å². The van der Waals surface area contributed by atoms with Gasteiger partial charge in [0.25, 0.3) is 0 Å². The molecule has 0 unspecified atom stereocenters. The van der Waals surface area contributed by atoms with Crippen molar-refractivity contribution >= 4 is 11.6 Å². The molecule has 4 aromatic rings. The van der Waals surface area contributed by atoms with Crippen LogP contribution in [-0.2, 0) is 12.8 Å². The summed E-state index contributed by atoms with van der Waals surface area (Å²) in [4.78, 5) is 14.1. The van der Waals surface area contributed by atoms with Crippen LogP contribution in [0.4, 0.5) is 5.95 Å². The van der Waals surface area contributed by atoms with Crippen LogP contribution in [0.2, 0.25) is 0 Å². The molecular formula is C27H33N7O. The Hall–Kier alpha value is -3.52. The van der Waals surface area contributed by atoms with Gasteiger partial charge in [0.05, 0.1) is 7.11 Å². The molecule has 1 aliphatic rings. The number of aromatic nitrogens is 5. The molecule has 0 N–H and O–H groups in total. The highest BCUT2D eigenvalue weighted by Gasteiger charge is 2.21. The minimum atomic E-state index is 0.577. The first-order valence-electron chi connectivity index (χ1n) is 12.3. The highest BCUT2D eigenvalue weighted by Crippen LogP contribution is 2.26. The molecule has 0 saturated carbocycles.